The summed E-state index contributed by atoms with van der Waals surface area (Å²) in [6.07, 6.45) is 12.9. The number of pyridine rings is 2. The molecule has 3 aromatic heterocycles. The molecule has 2 aliphatic rings. The Bertz CT molecular complexity index is 1310. The fourth-order valence-electron chi connectivity index (χ4n) is 4.60. The van der Waals surface area contributed by atoms with E-state index in [2.05, 4.69) is 15.3 Å². The van der Waals surface area contributed by atoms with E-state index in [0.29, 0.717) is 18.5 Å². The molecule has 2 aliphatic carbocycles. The van der Waals surface area contributed by atoms with Crippen LogP contribution in [0.15, 0.2) is 67.2 Å². The molecule has 166 valence electrons. The molecule has 0 amide bonds. The van der Waals surface area contributed by atoms with E-state index in [1.54, 1.807) is 37.7 Å². The molecule has 0 radical (unpaired) electrons. The second-order valence-electron chi connectivity index (χ2n) is 8.75. The number of fused-ring (bicyclic) bond motifs is 1. The summed E-state index contributed by atoms with van der Waals surface area (Å²) in [5.74, 6) is 0. The van der Waals surface area contributed by atoms with Crippen LogP contribution in [-0.2, 0) is 10.0 Å². The summed E-state index contributed by atoms with van der Waals surface area (Å²) in [5, 5.41) is 14.0. The Kier molecular flexibility index (Phi) is 5.14. The third-order valence-electron chi connectivity index (χ3n) is 6.41. The van der Waals surface area contributed by atoms with Crippen molar-refractivity contribution in [3.63, 3.8) is 0 Å². The quantitative estimate of drug-likeness (QED) is 0.615. The van der Waals surface area contributed by atoms with Crippen molar-refractivity contribution in [2.75, 3.05) is 5.32 Å². The maximum Gasteiger partial charge on any atom is 0.249 e. The molecule has 7 nitrogen and oxygen atoms in total. The number of aromatic nitrogens is 3. The van der Waals surface area contributed by atoms with Crippen LogP contribution in [0.1, 0.15) is 38.3 Å². The standard InChI is InChI=1S/C24H26N4O3S/c1-24(11-4-5-17(16-24)21-6-2-3-12-25-21)32(30,31)28-14-10-20-22(9-13-26-23(20)28)27-18-7-8-19(29)15-18/h2-6,9-10,12-14,16,18-19,29H,7-8,11,15H2,1H3,(H,26,27)/t18-,19+,24?/m1/s1. The van der Waals surface area contributed by atoms with E-state index >= 15 is 0 Å². The van der Waals surface area contributed by atoms with Crippen molar-refractivity contribution in [1.82, 2.24) is 13.9 Å². The van der Waals surface area contributed by atoms with Gasteiger partial charge in [0.15, 0.2) is 5.65 Å². The average Bonchev–Trinajstić information content (AvgIpc) is 3.41. The monoisotopic (exact) mass is 450 g/mol. The Labute approximate surface area is 187 Å². The molecule has 0 bridgehead atoms. The zero-order valence-electron chi connectivity index (χ0n) is 17.8. The molecule has 8 heteroatoms. The lowest BCUT2D eigenvalue weighted by atomic mass is 9.95. The maximum atomic E-state index is 13.8. The molecular weight excluding hydrogens is 424 g/mol. The van der Waals surface area contributed by atoms with E-state index in [1.807, 2.05) is 36.4 Å². The van der Waals surface area contributed by atoms with Crippen LogP contribution in [0.2, 0.25) is 0 Å². The number of allylic oxidation sites excluding steroid dienone is 3. The molecule has 3 heterocycles. The molecule has 3 atom stereocenters. The summed E-state index contributed by atoms with van der Waals surface area (Å²) in [7, 11) is -3.81. The molecule has 5 rings (SSSR count). The van der Waals surface area contributed by atoms with E-state index in [1.165, 1.54) is 3.97 Å². The van der Waals surface area contributed by atoms with Gasteiger partial charge < -0.3 is 10.4 Å². The van der Waals surface area contributed by atoms with Crippen LogP contribution in [0, 0.1) is 0 Å². The number of rotatable bonds is 5. The van der Waals surface area contributed by atoms with E-state index in [9.17, 15) is 13.5 Å². The van der Waals surface area contributed by atoms with Gasteiger partial charge in [-0.2, -0.15) is 0 Å². The van der Waals surface area contributed by atoms with Gasteiger partial charge in [0.05, 0.1) is 11.8 Å². The molecule has 1 unspecified atom stereocenters. The van der Waals surface area contributed by atoms with Crippen LogP contribution in [0.4, 0.5) is 5.69 Å². The zero-order valence-corrected chi connectivity index (χ0v) is 18.7. The van der Waals surface area contributed by atoms with Crippen molar-refractivity contribution in [2.45, 2.75) is 49.5 Å². The molecule has 0 aliphatic heterocycles. The van der Waals surface area contributed by atoms with Gasteiger partial charge in [0.1, 0.15) is 4.75 Å². The summed E-state index contributed by atoms with van der Waals surface area (Å²) in [6.45, 7) is 1.74. The van der Waals surface area contributed by atoms with E-state index in [4.69, 9.17) is 0 Å². The lowest BCUT2D eigenvalue weighted by Crippen LogP contribution is -2.38. The maximum absolute atomic E-state index is 13.8. The molecule has 1 saturated carbocycles. The summed E-state index contributed by atoms with van der Waals surface area (Å²) < 4.78 is 27.8. The van der Waals surface area contributed by atoms with Crippen molar-refractivity contribution in [1.29, 1.82) is 0 Å². The van der Waals surface area contributed by atoms with Gasteiger partial charge in [-0.1, -0.05) is 24.3 Å². The lowest BCUT2D eigenvalue weighted by molar-refractivity contribution is 0.182. The number of anilines is 1. The summed E-state index contributed by atoms with van der Waals surface area (Å²) in [6, 6.07) is 9.41. The first kappa shape index (κ1) is 20.9. The lowest BCUT2D eigenvalue weighted by Gasteiger charge is -2.28. The normalized spacial score (nSPS) is 25.8. The predicted molar refractivity (Wildman–Crippen MR) is 126 cm³/mol. The van der Waals surface area contributed by atoms with E-state index in [0.717, 1.165) is 35.2 Å². The second-order valence-corrected chi connectivity index (χ2v) is 11.0. The highest BCUT2D eigenvalue weighted by Gasteiger charge is 2.40. The minimum atomic E-state index is -3.81. The fourth-order valence-corrected chi connectivity index (χ4v) is 6.22. The van der Waals surface area contributed by atoms with Crippen molar-refractivity contribution >= 4 is 32.3 Å². The van der Waals surface area contributed by atoms with Crippen molar-refractivity contribution in [3.8, 4) is 0 Å². The largest absolute Gasteiger partial charge is 0.393 e. The highest BCUT2D eigenvalue weighted by Crippen LogP contribution is 2.36. The Balaban J connectivity index is 1.53. The van der Waals surface area contributed by atoms with Crippen LogP contribution in [0.5, 0.6) is 0 Å². The summed E-state index contributed by atoms with van der Waals surface area (Å²) in [4.78, 5) is 8.77. The van der Waals surface area contributed by atoms with Gasteiger partial charge >= 0.3 is 0 Å². The van der Waals surface area contributed by atoms with Gasteiger partial charge in [-0.15, -0.1) is 0 Å². The molecule has 1 fully saturated rings. The number of hydrogen-bond acceptors (Lipinski definition) is 6. The number of aliphatic hydroxyl groups excluding tert-OH is 1. The van der Waals surface area contributed by atoms with Gasteiger partial charge in [-0.25, -0.2) is 17.4 Å². The van der Waals surface area contributed by atoms with Crippen molar-refractivity contribution < 1.29 is 13.5 Å². The van der Waals surface area contributed by atoms with E-state index < -0.39 is 14.8 Å². The number of hydrogen-bond donors (Lipinski definition) is 2. The average molecular weight is 451 g/mol. The van der Waals surface area contributed by atoms with Gasteiger partial charge in [-0.05, 0) is 62.4 Å². The molecule has 0 saturated heterocycles. The van der Waals surface area contributed by atoms with Gasteiger partial charge in [0, 0.05) is 35.7 Å². The second kappa shape index (κ2) is 7.86. The molecule has 32 heavy (non-hydrogen) atoms. The molecule has 3 aromatic rings. The SMILES string of the molecule is CC1(S(=O)(=O)n2ccc3c(N[C@@H]4CC[C@H](O)C4)ccnc32)C=C(c2ccccn2)C=CC1. The van der Waals surface area contributed by atoms with Gasteiger partial charge in [0.25, 0.3) is 0 Å². The molecular formula is C24H26N4O3S. The Hall–Kier alpha value is -2.97. The Morgan fingerprint density at radius 1 is 1.16 bits per heavy atom. The third-order valence-corrected chi connectivity index (χ3v) is 8.68. The smallest absolute Gasteiger partial charge is 0.249 e. The van der Waals surface area contributed by atoms with Crippen LogP contribution in [-0.4, -0.2) is 44.4 Å². The third kappa shape index (κ3) is 3.53. The highest BCUT2D eigenvalue weighted by atomic mass is 32.2. The Morgan fingerprint density at radius 3 is 2.78 bits per heavy atom. The minimum absolute atomic E-state index is 0.167. The van der Waals surface area contributed by atoms with Crippen LogP contribution >= 0.6 is 0 Å². The highest BCUT2D eigenvalue weighted by molar-refractivity contribution is 7.91. The first-order valence-corrected chi connectivity index (χ1v) is 12.3. The number of nitrogens with zero attached hydrogens (tertiary/aromatic N) is 3. The van der Waals surface area contributed by atoms with Gasteiger partial charge in [-0.3, -0.25) is 4.98 Å². The predicted octanol–water partition coefficient (Wildman–Crippen LogP) is 3.74. The zero-order chi connectivity index (χ0) is 22.3. The topological polar surface area (TPSA) is 97.1 Å². The first-order chi connectivity index (χ1) is 15.4. The van der Waals surface area contributed by atoms with Gasteiger partial charge in [0.2, 0.25) is 10.0 Å². The Morgan fingerprint density at radius 2 is 2.03 bits per heavy atom. The number of aliphatic hydroxyl groups is 1. The van der Waals surface area contributed by atoms with Crippen molar-refractivity contribution in [2.24, 2.45) is 0 Å². The molecule has 0 spiro atoms. The summed E-state index contributed by atoms with van der Waals surface area (Å²) >= 11 is 0. The van der Waals surface area contributed by atoms with Crippen molar-refractivity contribution in [3.05, 3.63) is 72.8 Å². The van der Waals surface area contributed by atoms with Crippen LogP contribution in [0.25, 0.3) is 16.6 Å². The number of nitrogens with one attached hydrogen (secondary N) is 1. The van der Waals surface area contributed by atoms with E-state index in [-0.39, 0.29) is 12.1 Å². The fraction of sp³-hybridized carbons (Fsp3) is 0.333. The molecule has 0 aromatic carbocycles. The molecule has 2 N–H and O–H groups in total. The van der Waals surface area contributed by atoms with Crippen LogP contribution in [0.3, 0.4) is 0 Å². The van der Waals surface area contributed by atoms with Crippen LogP contribution < -0.4 is 5.32 Å². The minimum Gasteiger partial charge on any atom is -0.393 e. The summed E-state index contributed by atoms with van der Waals surface area (Å²) in [5.41, 5.74) is 2.76. The first-order valence-electron chi connectivity index (χ1n) is 10.8.